The monoisotopic (exact) mass is 306 g/mol. The van der Waals surface area contributed by atoms with Crippen LogP contribution in [0.25, 0.3) is 0 Å². The molecule has 0 saturated carbocycles. The van der Waals surface area contributed by atoms with Crippen LogP contribution in [0.15, 0.2) is 36.4 Å². The van der Waals surface area contributed by atoms with Crippen molar-refractivity contribution in [2.45, 2.75) is 6.61 Å². The number of carbonyl (C=O) groups is 1. The van der Waals surface area contributed by atoms with Crippen molar-refractivity contribution in [2.24, 2.45) is 5.73 Å². The minimum Gasteiger partial charge on any atom is -0.455 e. The van der Waals surface area contributed by atoms with Gasteiger partial charge in [-0.2, -0.15) is 0 Å². The van der Waals surface area contributed by atoms with E-state index in [1.54, 1.807) is 19.2 Å². The van der Waals surface area contributed by atoms with E-state index in [2.05, 4.69) is 0 Å². The zero-order valence-electron chi connectivity index (χ0n) is 11.4. The lowest BCUT2D eigenvalue weighted by Gasteiger charge is -2.12. The SMILES string of the molecule is COCc1cccc(Oc2c(Cl)cc(N)cc2C(N)=O)c1. The number of carbonyl (C=O) groups excluding carboxylic acids is 1. The van der Waals surface area contributed by atoms with Crippen LogP contribution in [0.3, 0.4) is 0 Å². The molecule has 21 heavy (non-hydrogen) atoms. The van der Waals surface area contributed by atoms with Crippen molar-refractivity contribution in [2.75, 3.05) is 12.8 Å². The van der Waals surface area contributed by atoms with Crippen LogP contribution in [0.1, 0.15) is 15.9 Å². The van der Waals surface area contributed by atoms with Crippen LogP contribution in [0.5, 0.6) is 11.5 Å². The summed E-state index contributed by atoms with van der Waals surface area (Å²) in [5, 5.41) is 0.223. The van der Waals surface area contributed by atoms with Crippen LogP contribution in [-0.2, 0) is 11.3 Å². The fraction of sp³-hybridized carbons (Fsp3) is 0.133. The number of rotatable bonds is 5. The fourth-order valence-corrected chi connectivity index (χ4v) is 2.15. The van der Waals surface area contributed by atoms with Crippen LogP contribution in [0.4, 0.5) is 5.69 Å². The molecule has 0 spiro atoms. The fourth-order valence-electron chi connectivity index (χ4n) is 1.88. The van der Waals surface area contributed by atoms with E-state index >= 15 is 0 Å². The zero-order valence-corrected chi connectivity index (χ0v) is 12.2. The molecule has 0 aliphatic heterocycles. The average Bonchev–Trinajstić information content (AvgIpc) is 2.42. The summed E-state index contributed by atoms with van der Waals surface area (Å²) < 4.78 is 10.8. The minimum atomic E-state index is -0.660. The maximum absolute atomic E-state index is 11.5. The van der Waals surface area contributed by atoms with E-state index in [1.165, 1.54) is 12.1 Å². The van der Waals surface area contributed by atoms with E-state index in [0.717, 1.165) is 5.56 Å². The third kappa shape index (κ3) is 3.65. The van der Waals surface area contributed by atoms with Crippen molar-refractivity contribution >= 4 is 23.2 Å². The molecule has 110 valence electrons. The van der Waals surface area contributed by atoms with Crippen molar-refractivity contribution in [1.29, 1.82) is 0 Å². The summed E-state index contributed by atoms with van der Waals surface area (Å²) in [5.74, 6) is 0.0545. The molecule has 0 aliphatic rings. The van der Waals surface area contributed by atoms with E-state index in [9.17, 15) is 4.79 Å². The van der Waals surface area contributed by atoms with Crippen LogP contribution >= 0.6 is 11.6 Å². The quantitative estimate of drug-likeness (QED) is 0.831. The number of primary amides is 1. The largest absolute Gasteiger partial charge is 0.455 e. The van der Waals surface area contributed by atoms with Crippen molar-refractivity contribution in [3.8, 4) is 11.5 Å². The highest BCUT2D eigenvalue weighted by Crippen LogP contribution is 2.35. The molecule has 0 aromatic heterocycles. The highest BCUT2D eigenvalue weighted by atomic mass is 35.5. The maximum Gasteiger partial charge on any atom is 0.252 e. The van der Waals surface area contributed by atoms with Gasteiger partial charge in [-0.15, -0.1) is 0 Å². The molecule has 6 heteroatoms. The number of halogens is 1. The van der Waals surface area contributed by atoms with Crippen molar-refractivity contribution in [3.05, 3.63) is 52.5 Å². The average molecular weight is 307 g/mol. The second-order valence-corrected chi connectivity index (χ2v) is 4.83. The van der Waals surface area contributed by atoms with Crippen LogP contribution < -0.4 is 16.2 Å². The number of ether oxygens (including phenoxy) is 2. The lowest BCUT2D eigenvalue weighted by atomic mass is 10.1. The highest BCUT2D eigenvalue weighted by molar-refractivity contribution is 6.33. The molecular weight excluding hydrogens is 292 g/mol. The number of methoxy groups -OCH3 is 1. The molecule has 0 fully saturated rings. The third-order valence-corrected chi connectivity index (χ3v) is 3.04. The Morgan fingerprint density at radius 2 is 2.05 bits per heavy atom. The normalized spacial score (nSPS) is 10.4. The Labute approximate surface area is 127 Å². The van der Waals surface area contributed by atoms with Crippen molar-refractivity contribution < 1.29 is 14.3 Å². The molecule has 0 unspecified atom stereocenters. The van der Waals surface area contributed by atoms with Crippen molar-refractivity contribution in [3.63, 3.8) is 0 Å². The zero-order chi connectivity index (χ0) is 15.4. The predicted molar refractivity (Wildman–Crippen MR) is 81.6 cm³/mol. The van der Waals surface area contributed by atoms with E-state index in [1.807, 2.05) is 12.1 Å². The smallest absolute Gasteiger partial charge is 0.252 e. The Bertz CT molecular complexity index is 674. The number of hydrogen-bond acceptors (Lipinski definition) is 4. The Morgan fingerprint density at radius 1 is 1.29 bits per heavy atom. The molecule has 1 amide bonds. The van der Waals surface area contributed by atoms with Crippen LogP contribution in [0, 0.1) is 0 Å². The first-order valence-electron chi connectivity index (χ1n) is 6.16. The molecule has 0 bridgehead atoms. The van der Waals surface area contributed by atoms with Crippen LogP contribution in [0.2, 0.25) is 5.02 Å². The summed E-state index contributed by atoms with van der Waals surface area (Å²) in [6.45, 7) is 0.454. The molecule has 2 aromatic rings. The van der Waals surface area contributed by atoms with Gasteiger partial charge in [-0.25, -0.2) is 0 Å². The molecule has 0 aliphatic carbocycles. The topological polar surface area (TPSA) is 87.6 Å². The Hall–Kier alpha value is -2.24. The van der Waals surface area contributed by atoms with E-state index in [-0.39, 0.29) is 16.3 Å². The number of benzene rings is 2. The molecule has 2 rings (SSSR count). The van der Waals surface area contributed by atoms with Gasteiger partial charge in [0.05, 0.1) is 17.2 Å². The third-order valence-electron chi connectivity index (χ3n) is 2.76. The molecule has 0 heterocycles. The van der Waals surface area contributed by atoms with Gasteiger partial charge in [0.25, 0.3) is 5.91 Å². The van der Waals surface area contributed by atoms with E-state index in [0.29, 0.717) is 18.0 Å². The van der Waals surface area contributed by atoms with Gasteiger partial charge < -0.3 is 20.9 Å². The number of nitrogens with two attached hydrogens (primary N) is 2. The first-order valence-corrected chi connectivity index (χ1v) is 6.53. The summed E-state index contributed by atoms with van der Waals surface area (Å²) in [6.07, 6.45) is 0. The lowest BCUT2D eigenvalue weighted by Crippen LogP contribution is -2.13. The van der Waals surface area contributed by atoms with Gasteiger partial charge in [0.2, 0.25) is 0 Å². The van der Waals surface area contributed by atoms with Gasteiger partial charge in [0.15, 0.2) is 5.75 Å². The van der Waals surface area contributed by atoms with Gasteiger partial charge in [0, 0.05) is 12.8 Å². The minimum absolute atomic E-state index is 0.136. The van der Waals surface area contributed by atoms with Crippen molar-refractivity contribution in [1.82, 2.24) is 0 Å². The second kappa shape index (κ2) is 6.47. The maximum atomic E-state index is 11.5. The molecule has 4 N–H and O–H groups in total. The lowest BCUT2D eigenvalue weighted by molar-refractivity contribution is 0.0998. The second-order valence-electron chi connectivity index (χ2n) is 4.43. The summed E-state index contributed by atoms with van der Waals surface area (Å²) in [4.78, 5) is 11.5. The molecule has 0 atom stereocenters. The Morgan fingerprint density at radius 3 is 2.71 bits per heavy atom. The van der Waals surface area contributed by atoms with Gasteiger partial charge in [-0.3, -0.25) is 4.79 Å². The Kier molecular flexibility index (Phi) is 4.67. The molecule has 5 nitrogen and oxygen atoms in total. The summed E-state index contributed by atoms with van der Waals surface area (Å²) in [5.41, 5.74) is 12.4. The molecule has 0 radical (unpaired) electrons. The number of nitrogen functional groups attached to an aromatic ring is 1. The summed E-state index contributed by atoms with van der Waals surface area (Å²) >= 11 is 6.09. The molecule has 2 aromatic carbocycles. The van der Waals surface area contributed by atoms with Gasteiger partial charge >= 0.3 is 0 Å². The Balaban J connectivity index is 2.39. The van der Waals surface area contributed by atoms with Gasteiger partial charge in [-0.1, -0.05) is 23.7 Å². The predicted octanol–water partition coefficient (Wildman–Crippen LogP) is 2.96. The number of amides is 1. The molecular formula is C15H15ClN2O3. The van der Waals surface area contributed by atoms with E-state index < -0.39 is 5.91 Å². The van der Waals surface area contributed by atoms with Crippen LogP contribution in [-0.4, -0.2) is 13.0 Å². The number of hydrogen-bond donors (Lipinski definition) is 2. The summed E-state index contributed by atoms with van der Waals surface area (Å²) in [6, 6.07) is 10.2. The first-order chi connectivity index (χ1) is 10.0. The van der Waals surface area contributed by atoms with Gasteiger partial charge in [-0.05, 0) is 29.8 Å². The first kappa shape index (κ1) is 15.2. The summed E-state index contributed by atoms with van der Waals surface area (Å²) in [7, 11) is 1.61. The van der Waals surface area contributed by atoms with E-state index in [4.69, 9.17) is 32.5 Å². The highest BCUT2D eigenvalue weighted by Gasteiger charge is 2.16. The molecule has 0 saturated heterocycles. The van der Waals surface area contributed by atoms with Gasteiger partial charge in [0.1, 0.15) is 5.75 Å². The standard InChI is InChI=1S/C15H15ClN2O3/c1-20-8-9-3-2-4-11(5-9)21-14-12(15(18)19)6-10(17)7-13(14)16/h2-7H,8,17H2,1H3,(H2,18,19). The number of anilines is 1.